The molecular formula is C15H24O4. The lowest BCUT2D eigenvalue weighted by Crippen LogP contribution is -2.37. The summed E-state index contributed by atoms with van der Waals surface area (Å²) in [6.45, 7) is 8.07. The summed E-state index contributed by atoms with van der Waals surface area (Å²) in [7, 11) is 0. The normalized spacial score (nSPS) is 24.4. The van der Waals surface area contributed by atoms with Crippen LogP contribution in [0, 0.1) is 11.8 Å². The lowest BCUT2D eigenvalue weighted by molar-refractivity contribution is -0.154. The number of allylic oxidation sites excluding steroid dienone is 1. The molecule has 0 radical (unpaired) electrons. The van der Waals surface area contributed by atoms with E-state index in [9.17, 15) is 14.7 Å². The molecule has 1 N–H and O–H groups in total. The molecule has 19 heavy (non-hydrogen) atoms. The van der Waals surface area contributed by atoms with E-state index in [0.29, 0.717) is 18.8 Å². The van der Waals surface area contributed by atoms with Crippen molar-refractivity contribution >= 4 is 11.8 Å². The van der Waals surface area contributed by atoms with Crippen molar-refractivity contribution in [1.29, 1.82) is 0 Å². The lowest BCUT2D eigenvalue weighted by Gasteiger charge is -2.29. The second-order valence-electron chi connectivity index (χ2n) is 5.75. The number of esters is 1. The molecule has 2 unspecified atom stereocenters. The van der Waals surface area contributed by atoms with E-state index in [1.807, 2.05) is 13.8 Å². The molecule has 108 valence electrons. The summed E-state index contributed by atoms with van der Waals surface area (Å²) in [5, 5.41) is 9.74. The topological polar surface area (TPSA) is 63.6 Å². The third-order valence-electron chi connectivity index (χ3n) is 3.38. The zero-order valence-electron chi connectivity index (χ0n) is 12.2. The van der Waals surface area contributed by atoms with Gasteiger partial charge in [0.1, 0.15) is 17.4 Å². The van der Waals surface area contributed by atoms with Gasteiger partial charge in [0.05, 0.1) is 0 Å². The maximum absolute atomic E-state index is 12.0. The van der Waals surface area contributed by atoms with Crippen LogP contribution in [0.25, 0.3) is 0 Å². The second-order valence-corrected chi connectivity index (χ2v) is 5.75. The van der Waals surface area contributed by atoms with Crippen molar-refractivity contribution in [3.63, 3.8) is 0 Å². The van der Waals surface area contributed by atoms with E-state index in [1.54, 1.807) is 0 Å². The van der Waals surface area contributed by atoms with Crippen molar-refractivity contribution in [2.24, 2.45) is 11.8 Å². The number of cyclic esters (lactones) is 1. The Kier molecular flexibility index (Phi) is 5.58. The number of hydrogen-bond donors (Lipinski definition) is 1. The molecule has 4 nitrogen and oxygen atoms in total. The minimum Gasteiger partial charge on any atom is -0.511 e. The van der Waals surface area contributed by atoms with E-state index >= 15 is 0 Å². The molecule has 0 aromatic heterocycles. The first kappa shape index (κ1) is 15.7. The molecule has 0 aromatic carbocycles. The molecule has 0 saturated carbocycles. The van der Waals surface area contributed by atoms with E-state index < -0.39 is 5.97 Å². The maximum Gasteiger partial charge on any atom is 0.345 e. The highest BCUT2D eigenvalue weighted by Gasteiger charge is 2.36. The highest BCUT2D eigenvalue weighted by Crippen LogP contribution is 2.27. The predicted molar refractivity (Wildman–Crippen MR) is 72.7 cm³/mol. The molecule has 2 atom stereocenters. The Hall–Kier alpha value is -1.32. The van der Waals surface area contributed by atoms with Crippen LogP contribution < -0.4 is 0 Å². The third kappa shape index (κ3) is 4.08. The summed E-state index contributed by atoms with van der Waals surface area (Å²) in [6.07, 6.45) is 1.75. The van der Waals surface area contributed by atoms with Gasteiger partial charge in [-0.05, 0) is 24.7 Å². The predicted octanol–water partition coefficient (Wildman–Crippen LogP) is 3.17. The number of carbonyl (C=O) groups excluding carboxylic acids is 2. The zero-order valence-corrected chi connectivity index (χ0v) is 12.2. The summed E-state index contributed by atoms with van der Waals surface area (Å²) in [5.41, 5.74) is -0.144. The number of ketones is 1. The fourth-order valence-electron chi connectivity index (χ4n) is 2.49. The summed E-state index contributed by atoms with van der Waals surface area (Å²) >= 11 is 0. The van der Waals surface area contributed by atoms with Gasteiger partial charge in [0, 0.05) is 12.8 Å². The quantitative estimate of drug-likeness (QED) is 0.360. The van der Waals surface area contributed by atoms with Crippen LogP contribution in [-0.4, -0.2) is 23.0 Å². The fraction of sp³-hybridized carbons (Fsp3) is 0.733. The average Bonchev–Trinajstić information content (AvgIpc) is 2.27. The smallest absolute Gasteiger partial charge is 0.345 e. The van der Waals surface area contributed by atoms with Crippen molar-refractivity contribution in [2.75, 3.05) is 0 Å². The first-order chi connectivity index (χ1) is 8.86. The lowest BCUT2D eigenvalue weighted by atomic mass is 9.88. The standard InChI is InChI=1S/C15H24O4/c1-5-6-11(16)14-12(17)8-13(19-15(14)18)10(4)7-9(2)3/h9-10,13,16H,5-8H2,1-4H3. The number of aliphatic hydroxyl groups is 1. The van der Waals surface area contributed by atoms with Gasteiger partial charge in [-0.15, -0.1) is 0 Å². The second kappa shape index (κ2) is 6.73. The molecule has 0 amide bonds. The van der Waals surface area contributed by atoms with Gasteiger partial charge >= 0.3 is 5.97 Å². The SMILES string of the molecule is CCCC(O)=C1C(=O)CC(C(C)CC(C)C)OC1=O. The van der Waals surface area contributed by atoms with Gasteiger partial charge in [-0.3, -0.25) is 4.79 Å². The van der Waals surface area contributed by atoms with Gasteiger partial charge in [-0.1, -0.05) is 27.7 Å². The molecular weight excluding hydrogens is 244 g/mol. The third-order valence-corrected chi connectivity index (χ3v) is 3.38. The number of aliphatic hydroxyl groups excluding tert-OH is 1. The van der Waals surface area contributed by atoms with Gasteiger partial charge < -0.3 is 9.84 Å². The Labute approximate surface area is 114 Å². The van der Waals surface area contributed by atoms with Crippen LogP contribution in [0.2, 0.25) is 0 Å². The van der Waals surface area contributed by atoms with Crippen LogP contribution in [0.5, 0.6) is 0 Å². The summed E-state index contributed by atoms with van der Waals surface area (Å²) < 4.78 is 5.32. The van der Waals surface area contributed by atoms with Crippen molar-refractivity contribution in [3.05, 3.63) is 11.3 Å². The number of hydrogen-bond acceptors (Lipinski definition) is 4. The van der Waals surface area contributed by atoms with Crippen molar-refractivity contribution < 1.29 is 19.4 Å². The van der Waals surface area contributed by atoms with Crippen molar-refractivity contribution in [1.82, 2.24) is 0 Å². The van der Waals surface area contributed by atoms with E-state index in [4.69, 9.17) is 4.74 Å². The fourth-order valence-corrected chi connectivity index (χ4v) is 2.49. The first-order valence-electron chi connectivity index (χ1n) is 7.03. The molecule has 0 bridgehead atoms. The van der Waals surface area contributed by atoms with Gasteiger partial charge in [0.15, 0.2) is 5.78 Å². The minimum absolute atomic E-state index is 0.132. The zero-order chi connectivity index (χ0) is 14.6. The minimum atomic E-state index is -0.664. The van der Waals surface area contributed by atoms with E-state index in [0.717, 1.165) is 6.42 Å². The van der Waals surface area contributed by atoms with Crippen LogP contribution in [-0.2, 0) is 14.3 Å². The van der Waals surface area contributed by atoms with Crippen molar-refractivity contribution in [2.45, 2.75) is 59.5 Å². The van der Waals surface area contributed by atoms with E-state index in [1.165, 1.54) is 0 Å². The van der Waals surface area contributed by atoms with Crippen LogP contribution in [0.3, 0.4) is 0 Å². The van der Waals surface area contributed by atoms with Crippen LogP contribution in [0.4, 0.5) is 0 Å². The van der Waals surface area contributed by atoms with Gasteiger partial charge in [-0.2, -0.15) is 0 Å². The number of carbonyl (C=O) groups is 2. The largest absolute Gasteiger partial charge is 0.511 e. The molecule has 1 saturated heterocycles. The number of rotatable bonds is 5. The van der Waals surface area contributed by atoms with E-state index in [2.05, 4.69) is 13.8 Å². The molecule has 0 aromatic rings. The highest BCUT2D eigenvalue weighted by atomic mass is 16.5. The molecule has 1 fully saturated rings. The van der Waals surface area contributed by atoms with Crippen molar-refractivity contribution in [3.8, 4) is 0 Å². The molecule has 1 aliphatic heterocycles. The van der Waals surface area contributed by atoms with Crippen LogP contribution in [0.15, 0.2) is 11.3 Å². The van der Waals surface area contributed by atoms with Gasteiger partial charge in [-0.25, -0.2) is 4.79 Å². The maximum atomic E-state index is 12.0. The molecule has 1 heterocycles. The molecule has 4 heteroatoms. The Bertz CT molecular complexity index is 362. The number of ether oxygens (including phenoxy) is 1. The van der Waals surface area contributed by atoms with Crippen LogP contribution in [0.1, 0.15) is 53.4 Å². The van der Waals surface area contributed by atoms with E-state index in [-0.39, 0.29) is 35.6 Å². The first-order valence-corrected chi connectivity index (χ1v) is 7.03. The Morgan fingerprint density at radius 2 is 2.00 bits per heavy atom. The van der Waals surface area contributed by atoms with Gasteiger partial charge in [0.2, 0.25) is 0 Å². The monoisotopic (exact) mass is 268 g/mol. The Balaban J connectivity index is 2.79. The average molecular weight is 268 g/mol. The Morgan fingerprint density at radius 3 is 2.47 bits per heavy atom. The highest BCUT2D eigenvalue weighted by molar-refractivity contribution is 6.19. The number of Topliss-reactive ketones (excluding diaryl/α,β-unsaturated/α-hetero) is 1. The van der Waals surface area contributed by atoms with Gasteiger partial charge in [0.25, 0.3) is 0 Å². The Morgan fingerprint density at radius 1 is 1.37 bits per heavy atom. The molecule has 1 aliphatic rings. The summed E-state index contributed by atoms with van der Waals surface area (Å²) in [5.74, 6) is -0.435. The molecule has 1 rings (SSSR count). The summed E-state index contributed by atoms with van der Waals surface area (Å²) in [4.78, 5) is 23.9. The molecule has 0 spiro atoms. The van der Waals surface area contributed by atoms with Crippen LogP contribution >= 0.6 is 0 Å². The summed E-state index contributed by atoms with van der Waals surface area (Å²) in [6, 6.07) is 0. The molecule has 0 aliphatic carbocycles.